The number of rotatable bonds is 19. The van der Waals surface area contributed by atoms with Crippen LogP contribution in [0.5, 0.6) is 0 Å². The maximum absolute atomic E-state index is 11.3. The van der Waals surface area contributed by atoms with Crippen molar-refractivity contribution in [1.82, 2.24) is 0 Å². The molecule has 3 fully saturated rings. The molecule has 1 N–H and O–H groups in total. The predicted molar refractivity (Wildman–Crippen MR) is 247 cm³/mol. The number of azide groups is 1. The van der Waals surface area contributed by atoms with Gasteiger partial charge >= 0.3 is 0 Å². The van der Waals surface area contributed by atoms with Crippen LogP contribution >= 0.6 is 0 Å². The first-order chi connectivity index (χ1) is 30.6. The molecule has 15 atom stereocenters. The van der Waals surface area contributed by atoms with Gasteiger partial charge in [0.15, 0.2) is 27.2 Å². The number of aliphatic hydroxyl groups excluding tert-OH is 1. The molecule has 3 aliphatic rings. The van der Waals surface area contributed by atoms with Crippen molar-refractivity contribution in [2.45, 2.75) is 155 Å². The normalized spacial score (nSPS) is 33.6. The zero-order valence-corrected chi connectivity index (χ0v) is 40.5. The minimum Gasteiger partial charge on any atom is -0.392 e. The van der Waals surface area contributed by atoms with Crippen molar-refractivity contribution in [3.05, 3.63) is 118 Å². The smallest absolute Gasteiger partial charge is 0.195 e. The third kappa shape index (κ3) is 12.8. The second-order valence-electron chi connectivity index (χ2n) is 19.7. The van der Waals surface area contributed by atoms with Crippen molar-refractivity contribution in [2.24, 2.45) is 34.7 Å². The minimum atomic E-state index is -2.38. The van der Waals surface area contributed by atoms with Gasteiger partial charge in [0, 0.05) is 16.7 Å². The fraction of sp³-hybridized carbons (Fsp3) is 0.640. The van der Waals surface area contributed by atoms with Gasteiger partial charge in [0.25, 0.3) is 0 Å². The zero-order chi connectivity index (χ0) is 46.0. The van der Waals surface area contributed by atoms with E-state index in [0.29, 0.717) is 19.8 Å². The number of hydrogen-bond donors (Lipinski definition) is 1. The van der Waals surface area contributed by atoms with Crippen LogP contribution in [0.2, 0.25) is 18.1 Å². The Morgan fingerprint density at radius 1 is 0.578 bits per heavy atom. The second-order valence-corrected chi connectivity index (χ2v) is 24.4. The standard InChI is InChI=1S/C50H73N3O10Si/c1-32-34(3)47(58-40(44(32)54)29-55-26-37-20-14-11-15-21-37)61-45-33(2)35(4)48(59-41(45)30-56-27-38-22-16-12-17-23-38)62-46-36(5)43(52-53-51)49(63-64(9,10)50(6,7)8)60-42(46)31-57-28-39-24-18-13-19-25-39/h11-25,32-36,40-49,54H,26-31H2,1-10H3/t32-,33-,34?,35?,36-,40?,41?,42?,43?,44+,45+,46+,47+,48+,49+/m1/s1. The van der Waals surface area contributed by atoms with Crippen molar-refractivity contribution in [1.29, 1.82) is 0 Å². The number of aliphatic hydroxyl groups is 1. The molecule has 0 radical (unpaired) electrons. The fourth-order valence-corrected chi connectivity index (χ4v) is 9.61. The Hall–Kier alpha value is -3.21. The first-order valence-electron chi connectivity index (χ1n) is 23.1. The highest BCUT2D eigenvalue weighted by atomic mass is 28.4. The van der Waals surface area contributed by atoms with Gasteiger partial charge in [-0.1, -0.05) is 151 Å². The molecule has 13 nitrogen and oxygen atoms in total. The van der Waals surface area contributed by atoms with Crippen molar-refractivity contribution >= 4 is 8.32 Å². The molecule has 3 aromatic rings. The zero-order valence-electron chi connectivity index (χ0n) is 39.5. The van der Waals surface area contributed by atoms with Gasteiger partial charge in [-0.15, -0.1) is 0 Å². The SMILES string of the molecule is CC1[C@H](O[C@@H]2C(COCc3ccccc3)O[C@@H](O[C@@H]3C(COCc4ccccc4)O[C@@H](O[Si](C)(C)C(C)(C)C)C(N=[N+]=[N-])[C@H]3C)C(C)[C@H]2C)OC(COCc2ccccc2)[C@@H](O)[C@@H]1C. The van der Waals surface area contributed by atoms with Gasteiger partial charge in [-0.05, 0) is 58.1 Å². The summed E-state index contributed by atoms with van der Waals surface area (Å²) in [5.41, 5.74) is 13.0. The monoisotopic (exact) mass is 904 g/mol. The van der Waals surface area contributed by atoms with E-state index >= 15 is 0 Å². The van der Waals surface area contributed by atoms with E-state index < -0.39 is 69.9 Å². The van der Waals surface area contributed by atoms with Crippen molar-refractivity contribution in [3.63, 3.8) is 0 Å². The maximum Gasteiger partial charge on any atom is 0.195 e. The molecule has 0 amide bonds. The van der Waals surface area contributed by atoms with E-state index in [1.807, 2.05) is 105 Å². The highest BCUT2D eigenvalue weighted by Crippen LogP contribution is 2.43. The van der Waals surface area contributed by atoms with Gasteiger partial charge in [-0.3, -0.25) is 0 Å². The predicted octanol–water partition coefficient (Wildman–Crippen LogP) is 9.82. The molecule has 0 spiro atoms. The highest BCUT2D eigenvalue weighted by molar-refractivity contribution is 6.74. The minimum absolute atomic E-state index is 0.0926. The van der Waals surface area contributed by atoms with Crippen LogP contribution < -0.4 is 0 Å². The Morgan fingerprint density at radius 3 is 1.41 bits per heavy atom. The molecular formula is C50H73N3O10Si. The van der Waals surface area contributed by atoms with Crippen LogP contribution in [-0.2, 0) is 62.1 Å². The molecule has 0 saturated carbocycles. The third-order valence-corrected chi connectivity index (χ3v) is 18.5. The van der Waals surface area contributed by atoms with Crippen LogP contribution in [0.1, 0.15) is 72.1 Å². The first kappa shape index (κ1) is 50.2. The highest BCUT2D eigenvalue weighted by Gasteiger charge is 2.53. The molecule has 352 valence electrons. The first-order valence-corrected chi connectivity index (χ1v) is 26.0. The van der Waals surface area contributed by atoms with Crippen molar-refractivity contribution in [2.75, 3.05) is 19.8 Å². The molecule has 3 saturated heterocycles. The van der Waals surface area contributed by atoms with Crippen LogP contribution in [0, 0.1) is 29.6 Å². The fourth-order valence-electron chi connectivity index (χ4n) is 8.48. The Balaban J connectivity index is 1.23. The average Bonchev–Trinajstić information content (AvgIpc) is 3.27. The molecule has 6 unspecified atom stereocenters. The summed E-state index contributed by atoms with van der Waals surface area (Å²) in [6.07, 6.45) is -5.60. The van der Waals surface area contributed by atoms with E-state index in [1.165, 1.54) is 0 Å². The Kier molecular flexibility index (Phi) is 18.0. The van der Waals surface area contributed by atoms with E-state index in [2.05, 4.69) is 64.7 Å². The van der Waals surface area contributed by atoms with E-state index in [9.17, 15) is 10.6 Å². The Bertz CT molecular complexity index is 1890. The molecule has 3 aromatic carbocycles. The summed E-state index contributed by atoms with van der Waals surface area (Å²) in [6, 6.07) is 29.3. The quantitative estimate of drug-likeness (QED) is 0.0533. The lowest BCUT2D eigenvalue weighted by Gasteiger charge is -2.51. The number of benzene rings is 3. The molecule has 3 heterocycles. The van der Waals surface area contributed by atoms with Gasteiger partial charge in [-0.25, -0.2) is 0 Å². The summed E-state index contributed by atoms with van der Waals surface area (Å²) in [4.78, 5) is 3.27. The number of ether oxygens (including phenoxy) is 8. The molecular weight excluding hydrogens is 831 g/mol. The number of nitrogens with zero attached hydrogens (tertiary/aromatic N) is 3. The summed E-state index contributed by atoms with van der Waals surface area (Å²) in [7, 11) is -2.38. The summed E-state index contributed by atoms with van der Waals surface area (Å²) in [5.74, 6) is -0.834. The van der Waals surface area contributed by atoms with Crippen LogP contribution in [0.15, 0.2) is 96.1 Å². The topological polar surface area (TPSA) is 152 Å². The summed E-state index contributed by atoms with van der Waals surface area (Å²) >= 11 is 0. The van der Waals surface area contributed by atoms with E-state index in [-0.39, 0.29) is 54.4 Å². The second kappa shape index (κ2) is 23.0. The van der Waals surface area contributed by atoms with Crippen LogP contribution in [0.3, 0.4) is 0 Å². The lowest BCUT2D eigenvalue weighted by molar-refractivity contribution is -0.350. The number of hydrogen-bond acceptors (Lipinski definition) is 11. The maximum atomic E-state index is 11.3. The van der Waals surface area contributed by atoms with Crippen LogP contribution in [-0.4, -0.2) is 94.8 Å². The summed E-state index contributed by atoms with van der Waals surface area (Å²) in [5, 5.41) is 15.5. The van der Waals surface area contributed by atoms with Gasteiger partial charge in [-0.2, -0.15) is 0 Å². The third-order valence-electron chi connectivity index (χ3n) is 14.1. The van der Waals surface area contributed by atoms with Gasteiger partial charge in [0.2, 0.25) is 0 Å². The van der Waals surface area contributed by atoms with Gasteiger partial charge in [0.1, 0.15) is 18.3 Å². The molecule has 6 rings (SSSR count). The molecule has 14 heteroatoms. The van der Waals surface area contributed by atoms with Gasteiger partial charge < -0.3 is 47.4 Å². The van der Waals surface area contributed by atoms with E-state index in [1.54, 1.807) is 0 Å². The van der Waals surface area contributed by atoms with E-state index in [4.69, 9.17) is 42.3 Å². The largest absolute Gasteiger partial charge is 0.392 e. The summed E-state index contributed by atoms with van der Waals surface area (Å²) < 4.78 is 60.1. The van der Waals surface area contributed by atoms with Gasteiger partial charge in [0.05, 0.1) is 64.0 Å². The van der Waals surface area contributed by atoms with Crippen LogP contribution in [0.25, 0.3) is 10.4 Å². The lowest BCUT2D eigenvalue weighted by atomic mass is 9.82. The molecule has 0 aromatic heterocycles. The van der Waals surface area contributed by atoms with Crippen molar-refractivity contribution in [3.8, 4) is 0 Å². The van der Waals surface area contributed by atoms with Crippen molar-refractivity contribution < 1.29 is 47.4 Å². The summed E-state index contributed by atoms with van der Waals surface area (Å²) in [6.45, 7) is 23.1. The Morgan fingerprint density at radius 2 is 0.969 bits per heavy atom. The average molecular weight is 904 g/mol. The van der Waals surface area contributed by atoms with Crippen LogP contribution in [0.4, 0.5) is 0 Å². The molecule has 3 aliphatic heterocycles. The lowest BCUT2D eigenvalue weighted by Crippen LogP contribution is -2.61. The molecule has 0 aliphatic carbocycles. The van der Waals surface area contributed by atoms with E-state index in [0.717, 1.165) is 16.7 Å². The molecule has 64 heavy (non-hydrogen) atoms. The Labute approximate surface area is 382 Å². The molecule has 0 bridgehead atoms.